The van der Waals surface area contributed by atoms with Crippen molar-refractivity contribution in [3.8, 4) is 6.07 Å². The maximum absolute atomic E-state index is 10.9. The highest BCUT2D eigenvalue weighted by molar-refractivity contribution is 5.83. The standard InChI is InChI=1S/C10H8N4O6/c11-3-5-1-7(14(19)20)9(12-4-5)13-6(10(17)18)2-8(15)16/h1,4,6H,2H2,(H,12,13)(H,15,16)(H,17,18). The third kappa shape index (κ3) is 3.64. The lowest BCUT2D eigenvalue weighted by Gasteiger charge is -2.12. The van der Waals surface area contributed by atoms with Crippen LogP contribution in [0.25, 0.3) is 0 Å². The molecule has 0 radical (unpaired) electrons. The second kappa shape index (κ2) is 6.10. The summed E-state index contributed by atoms with van der Waals surface area (Å²) in [5, 5.41) is 39.0. The molecule has 1 rings (SSSR count). The SMILES string of the molecule is N#Cc1cnc(NC(CC(=O)O)C(=O)O)c([N+](=O)[O-])c1. The fourth-order valence-corrected chi connectivity index (χ4v) is 1.30. The normalized spacial score (nSPS) is 11.2. The molecule has 0 spiro atoms. The molecule has 0 aliphatic heterocycles. The summed E-state index contributed by atoms with van der Waals surface area (Å²) in [6.45, 7) is 0. The van der Waals surface area contributed by atoms with Crippen molar-refractivity contribution in [2.45, 2.75) is 12.5 Å². The van der Waals surface area contributed by atoms with E-state index in [2.05, 4.69) is 10.3 Å². The van der Waals surface area contributed by atoms with Gasteiger partial charge in [0.2, 0.25) is 5.82 Å². The molecule has 1 aromatic rings. The van der Waals surface area contributed by atoms with Gasteiger partial charge in [0.05, 0.1) is 16.9 Å². The number of nitriles is 1. The van der Waals surface area contributed by atoms with E-state index < -0.39 is 40.8 Å². The molecule has 0 bridgehead atoms. The number of carboxylic acids is 2. The lowest BCUT2D eigenvalue weighted by atomic mass is 10.2. The van der Waals surface area contributed by atoms with Gasteiger partial charge in [-0.05, 0) is 0 Å². The number of carboxylic acid groups (broad SMARTS) is 2. The number of aromatic nitrogens is 1. The maximum atomic E-state index is 10.9. The Labute approximate surface area is 111 Å². The van der Waals surface area contributed by atoms with Crippen LogP contribution in [0, 0.1) is 21.4 Å². The highest BCUT2D eigenvalue weighted by Gasteiger charge is 2.25. The third-order valence-corrected chi connectivity index (χ3v) is 2.18. The van der Waals surface area contributed by atoms with Crippen molar-refractivity contribution in [3.05, 3.63) is 27.9 Å². The van der Waals surface area contributed by atoms with Crippen molar-refractivity contribution in [1.82, 2.24) is 4.98 Å². The van der Waals surface area contributed by atoms with Crippen molar-refractivity contribution >= 4 is 23.4 Å². The lowest BCUT2D eigenvalue weighted by Crippen LogP contribution is -2.32. The van der Waals surface area contributed by atoms with Crippen LogP contribution in [-0.4, -0.2) is 38.1 Å². The molecule has 10 nitrogen and oxygen atoms in total. The molecule has 10 heteroatoms. The van der Waals surface area contributed by atoms with Gasteiger partial charge in [-0.1, -0.05) is 0 Å². The molecule has 0 aromatic carbocycles. The van der Waals surface area contributed by atoms with Gasteiger partial charge in [0.15, 0.2) is 0 Å². The van der Waals surface area contributed by atoms with Crippen molar-refractivity contribution in [2.75, 3.05) is 5.32 Å². The molecule has 0 fully saturated rings. The summed E-state index contributed by atoms with van der Waals surface area (Å²) in [6, 6.07) is 0.987. The summed E-state index contributed by atoms with van der Waals surface area (Å²) in [4.78, 5) is 34.9. The number of anilines is 1. The molecule has 0 saturated carbocycles. The van der Waals surface area contributed by atoms with Crippen LogP contribution in [0.2, 0.25) is 0 Å². The Kier molecular flexibility index (Phi) is 4.52. The Balaban J connectivity index is 3.12. The highest BCUT2D eigenvalue weighted by atomic mass is 16.6. The van der Waals surface area contributed by atoms with E-state index in [0.717, 1.165) is 12.3 Å². The number of hydrogen-bond donors (Lipinski definition) is 3. The van der Waals surface area contributed by atoms with Gasteiger partial charge in [0.25, 0.3) is 0 Å². The number of nitrogens with zero attached hydrogens (tertiary/aromatic N) is 3. The zero-order chi connectivity index (χ0) is 15.3. The van der Waals surface area contributed by atoms with Gasteiger partial charge < -0.3 is 15.5 Å². The predicted octanol–water partition coefficient (Wildman–Crippen LogP) is 0.201. The Morgan fingerprint density at radius 2 is 2.20 bits per heavy atom. The second-order valence-corrected chi connectivity index (χ2v) is 3.59. The lowest BCUT2D eigenvalue weighted by molar-refractivity contribution is -0.384. The van der Waals surface area contributed by atoms with E-state index in [1.807, 2.05) is 0 Å². The van der Waals surface area contributed by atoms with Crippen LogP contribution in [0.15, 0.2) is 12.3 Å². The molecular weight excluding hydrogens is 272 g/mol. The summed E-state index contributed by atoms with van der Waals surface area (Å²) in [5.41, 5.74) is -0.687. The number of carbonyl (C=O) groups is 2. The zero-order valence-corrected chi connectivity index (χ0v) is 9.81. The van der Waals surface area contributed by atoms with E-state index in [1.165, 1.54) is 0 Å². The van der Waals surface area contributed by atoms with Gasteiger partial charge in [-0.25, -0.2) is 9.78 Å². The highest BCUT2D eigenvalue weighted by Crippen LogP contribution is 2.23. The number of nitro groups is 1. The Morgan fingerprint density at radius 1 is 1.55 bits per heavy atom. The first-order valence-corrected chi connectivity index (χ1v) is 5.10. The smallest absolute Gasteiger partial charge is 0.326 e. The number of hydrogen-bond acceptors (Lipinski definition) is 7. The van der Waals surface area contributed by atoms with Crippen molar-refractivity contribution < 1.29 is 24.7 Å². The minimum Gasteiger partial charge on any atom is -0.481 e. The van der Waals surface area contributed by atoms with Crippen LogP contribution in [0.1, 0.15) is 12.0 Å². The number of pyridine rings is 1. The van der Waals surface area contributed by atoms with Crippen molar-refractivity contribution in [1.29, 1.82) is 5.26 Å². The summed E-state index contributed by atoms with van der Waals surface area (Å²) in [6.07, 6.45) is 0.225. The largest absolute Gasteiger partial charge is 0.481 e. The minimum atomic E-state index is -1.58. The molecule has 1 aromatic heterocycles. The van der Waals surface area contributed by atoms with Gasteiger partial charge in [0.1, 0.15) is 12.1 Å². The van der Waals surface area contributed by atoms with Crippen molar-refractivity contribution in [3.63, 3.8) is 0 Å². The van der Waals surface area contributed by atoms with E-state index >= 15 is 0 Å². The van der Waals surface area contributed by atoms with Gasteiger partial charge in [-0.2, -0.15) is 5.26 Å². The fourth-order valence-electron chi connectivity index (χ4n) is 1.30. The Hall–Kier alpha value is -3.22. The van der Waals surface area contributed by atoms with Crippen LogP contribution in [0.5, 0.6) is 0 Å². The van der Waals surface area contributed by atoms with Crippen LogP contribution in [0.4, 0.5) is 11.5 Å². The van der Waals surface area contributed by atoms with Gasteiger partial charge in [0, 0.05) is 12.3 Å². The van der Waals surface area contributed by atoms with E-state index in [9.17, 15) is 19.7 Å². The molecule has 3 N–H and O–H groups in total. The van der Waals surface area contributed by atoms with Gasteiger partial charge >= 0.3 is 17.6 Å². The average molecular weight is 280 g/mol. The summed E-state index contributed by atoms with van der Waals surface area (Å²) >= 11 is 0. The molecule has 0 aliphatic rings. The molecule has 20 heavy (non-hydrogen) atoms. The Morgan fingerprint density at radius 3 is 2.65 bits per heavy atom. The molecule has 0 aliphatic carbocycles. The van der Waals surface area contributed by atoms with Gasteiger partial charge in [-0.3, -0.25) is 14.9 Å². The van der Waals surface area contributed by atoms with E-state index in [4.69, 9.17) is 15.5 Å². The first kappa shape index (κ1) is 14.8. The first-order valence-electron chi connectivity index (χ1n) is 5.10. The Bertz CT molecular complexity index is 608. The second-order valence-electron chi connectivity index (χ2n) is 3.59. The molecule has 1 atom stereocenters. The van der Waals surface area contributed by atoms with E-state index in [1.54, 1.807) is 6.07 Å². The number of rotatable bonds is 6. The van der Waals surface area contributed by atoms with Crippen LogP contribution in [0.3, 0.4) is 0 Å². The first-order chi connectivity index (χ1) is 9.35. The minimum absolute atomic E-state index is 0.0765. The molecular formula is C10H8N4O6. The number of aliphatic carboxylic acids is 2. The summed E-state index contributed by atoms with van der Waals surface area (Å²) < 4.78 is 0. The van der Waals surface area contributed by atoms with Crippen molar-refractivity contribution in [2.24, 2.45) is 0 Å². The maximum Gasteiger partial charge on any atom is 0.326 e. The summed E-state index contributed by atoms with van der Waals surface area (Å²) in [7, 11) is 0. The fraction of sp³-hybridized carbons (Fsp3) is 0.200. The molecule has 0 saturated heterocycles. The predicted molar refractivity (Wildman–Crippen MR) is 62.9 cm³/mol. The number of nitrogens with one attached hydrogen (secondary N) is 1. The molecule has 104 valence electrons. The topological polar surface area (TPSA) is 166 Å². The van der Waals surface area contributed by atoms with Crippen LogP contribution in [-0.2, 0) is 9.59 Å². The monoisotopic (exact) mass is 280 g/mol. The van der Waals surface area contributed by atoms with Crippen LogP contribution < -0.4 is 5.32 Å². The quantitative estimate of drug-likeness (QED) is 0.487. The third-order valence-electron chi connectivity index (χ3n) is 2.18. The van der Waals surface area contributed by atoms with Crippen LogP contribution >= 0.6 is 0 Å². The molecule has 1 unspecified atom stereocenters. The van der Waals surface area contributed by atoms with E-state index in [0.29, 0.717) is 0 Å². The van der Waals surface area contributed by atoms with E-state index in [-0.39, 0.29) is 5.56 Å². The zero-order valence-electron chi connectivity index (χ0n) is 9.81. The van der Waals surface area contributed by atoms with Gasteiger partial charge in [-0.15, -0.1) is 0 Å². The molecule has 1 heterocycles. The summed E-state index contributed by atoms with van der Waals surface area (Å²) in [5.74, 6) is -3.29. The average Bonchev–Trinajstić information content (AvgIpc) is 2.37. The molecule has 0 amide bonds.